The summed E-state index contributed by atoms with van der Waals surface area (Å²) >= 11 is 0. The average Bonchev–Trinajstić information content (AvgIpc) is 3.08. The fourth-order valence-electron chi connectivity index (χ4n) is 3.28. The van der Waals surface area contributed by atoms with Crippen molar-refractivity contribution >= 4 is 22.8 Å². The number of carboxylic acid groups (broad SMARTS) is 1. The Morgan fingerprint density at radius 3 is 2.84 bits per heavy atom. The molecule has 132 valence electrons. The van der Waals surface area contributed by atoms with E-state index in [2.05, 4.69) is 0 Å². The van der Waals surface area contributed by atoms with Gasteiger partial charge in [0, 0.05) is 18.0 Å². The maximum atomic E-state index is 12.5. The van der Waals surface area contributed by atoms with Gasteiger partial charge in [-0.2, -0.15) is 0 Å². The summed E-state index contributed by atoms with van der Waals surface area (Å²) < 4.78 is 10.5. The molecule has 1 aliphatic rings. The Kier molecular flexibility index (Phi) is 4.48. The number of hydrogen-bond acceptors (Lipinski definition) is 5. The topological polar surface area (TPSA) is 97.0 Å². The fourth-order valence-corrected chi connectivity index (χ4v) is 3.28. The van der Waals surface area contributed by atoms with Crippen molar-refractivity contribution in [3.63, 3.8) is 0 Å². The molecule has 1 unspecified atom stereocenters. The van der Waals surface area contributed by atoms with E-state index < -0.39 is 17.6 Å². The molecule has 1 aromatic heterocycles. The van der Waals surface area contributed by atoms with E-state index in [-0.39, 0.29) is 17.9 Å². The highest BCUT2D eigenvalue weighted by atomic mass is 16.5. The van der Waals surface area contributed by atoms with Gasteiger partial charge in [-0.05, 0) is 37.5 Å². The molecular weight excluding hydrogens is 326 g/mol. The maximum Gasteiger partial charge on any atom is 0.340 e. The van der Waals surface area contributed by atoms with Crippen molar-refractivity contribution in [2.24, 2.45) is 0 Å². The molecular formula is C18H19NO6. The molecule has 0 aliphatic carbocycles. The summed E-state index contributed by atoms with van der Waals surface area (Å²) in [6, 6.07) is 4.33. The van der Waals surface area contributed by atoms with Crippen molar-refractivity contribution in [1.29, 1.82) is 0 Å². The van der Waals surface area contributed by atoms with E-state index in [0.29, 0.717) is 36.3 Å². The Hall–Kier alpha value is -2.83. The number of carbonyl (C=O) groups excluding carboxylic acids is 1. The molecule has 3 rings (SSSR count). The number of likely N-dealkylation sites (tertiary alicyclic amines) is 1. The van der Waals surface area contributed by atoms with Gasteiger partial charge in [-0.3, -0.25) is 4.79 Å². The van der Waals surface area contributed by atoms with Gasteiger partial charge in [-0.15, -0.1) is 0 Å². The molecule has 0 radical (unpaired) electrons. The van der Waals surface area contributed by atoms with Gasteiger partial charge in [0.05, 0.1) is 19.1 Å². The van der Waals surface area contributed by atoms with Gasteiger partial charge in [-0.25, -0.2) is 9.59 Å². The van der Waals surface area contributed by atoms with E-state index in [1.165, 1.54) is 12.0 Å². The molecule has 1 saturated heterocycles. The summed E-state index contributed by atoms with van der Waals surface area (Å²) in [4.78, 5) is 37.4. The number of carboxylic acids is 1. The third-order valence-electron chi connectivity index (χ3n) is 4.68. The van der Waals surface area contributed by atoms with Gasteiger partial charge >= 0.3 is 11.6 Å². The van der Waals surface area contributed by atoms with Gasteiger partial charge in [-0.1, -0.05) is 0 Å². The van der Waals surface area contributed by atoms with Crippen LogP contribution >= 0.6 is 0 Å². The molecule has 1 amide bonds. The van der Waals surface area contributed by atoms with E-state index in [1.54, 1.807) is 25.1 Å². The van der Waals surface area contributed by atoms with Crippen LogP contribution in [0.2, 0.25) is 0 Å². The number of carbonyl (C=O) groups is 2. The highest BCUT2D eigenvalue weighted by molar-refractivity contribution is 5.88. The molecule has 1 aromatic carbocycles. The van der Waals surface area contributed by atoms with E-state index in [0.717, 1.165) is 5.39 Å². The van der Waals surface area contributed by atoms with E-state index in [1.807, 2.05) is 0 Å². The molecule has 2 aromatic rings. The standard InChI is InChI=1S/C18H19NO6/c1-10-12-6-5-11(24-2)8-15(12)25-18(23)13(10)9-16(20)19-7-3-4-14(19)17(21)22/h5-6,8,14H,3-4,7,9H2,1-2H3,(H,21,22). The number of rotatable bonds is 4. The van der Waals surface area contributed by atoms with Crippen molar-refractivity contribution < 1.29 is 23.8 Å². The second-order valence-electron chi connectivity index (χ2n) is 6.12. The lowest BCUT2D eigenvalue weighted by molar-refractivity contribution is -0.148. The Labute approximate surface area is 143 Å². The zero-order valence-corrected chi connectivity index (χ0v) is 14.1. The van der Waals surface area contributed by atoms with E-state index in [9.17, 15) is 19.5 Å². The first kappa shape index (κ1) is 17.0. The molecule has 2 heterocycles. The van der Waals surface area contributed by atoms with Crippen molar-refractivity contribution in [3.05, 3.63) is 39.7 Å². The van der Waals surface area contributed by atoms with E-state index >= 15 is 0 Å². The van der Waals surface area contributed by atoms with Crippen LogP contribution in [0.3, 0.4) is 0 Å². The monoisotopic (exact) mass is 345 g/mol. The second-order valence-corrected chi connectivity index (χ2v) is 6.12. The minimum absolute atomic E-state index is 0.167. The van der Waals surface area contributed by atoms with Crippen molar-refractivity contribution in [1.82, 2.24) is 4.90 Å². The smallest absolute Gasteiger partial charge is 0.340 e. The van der Waals surface area contributed by atoms with Gasteiger partial charge in [0.25, 0.3) is 0 Å². The molecule has 1 atom stereocenters. The summed E-state index contributed by atoms with van der Waals surface area (Å²) in [5, 5.41) is 9.93. The highest BCUT2D eigenvalue weighted by Crippen LogP contribution is 2.25. The maximum absolute atomic E-state index is 12.5. The zero-order valence-electron chi connectivity index (χ0n) is 14.1. The molecule has 25 heavy (non-hydrogen) atoms. The first-order valence-corrected chi connectivity index (χ1v) is 8.05. The number of hydrogen-bond donors (Lipinski definition) is 1. The molecule has 0 bridgehead atoms. The number of benzene rings is 1. The van der Waals surface area contributed by atoms with Crippen LogP contribution in [-0.4, -0.2) is 41.6 Å². The molecule has 0 saturated carbocycles. The first-order chi connectivity index (χ1) is 11.9. The average molecular weight is 345 g/mol. The molecule has 1 fully saturated rings. The van der Waals surface area contributed by atoms with Crippen LogP contribution in [0.1, 0.15) is 24.0 Å². The summed E-state index contributed by atoms with van der Waals surface area (Å²) in [6.45, 7) is 2.15. The summed E-state index contributed by atoms with van der Waals surface area (Å²) in [5.41, 5.74) is 0.729. The summed E-state index contributed by atoms with van der Waals surface area (Å²) in [6.07, 6.45) is 0.917. The SMILES string of the molecule is COc1ccc2c(C)c(CC(=O)N3CCCC3C(=O)O)c(=O)oc2c1. The molecule has 7 nitrogen and oxygen atoms in total. The quantitative estimate of drug-likeness (QED) is 0.848. The lowest BCUT2D eigenvalue weighted by Crippen LogP contribution is -2.41. The van der Waals surface area contributed by atoms with Crippen molar-refractivity contribution in [2.45, 2.75) is 32.2 Å². The molecule has 1 aliphatic heterocycles. The Bertz CT molecular complexity index is 900. The molecule has 0 spiro atoms. The van der Waals surface area contributed by atoms with Crippen LogP contribution in [-0.2, 0) is 16.0 Å². The summed E-state index contributed by atoms with van der Waals surface area (Å²) in [5.74, 6) is -0.811. The largest absolute Gasteiger partial charge is 0.497 e. The van der Waals surface area contributed by atoms with Crippen LogP contribution in [0.15, 0.2) is 27.4 Å². The number of amides is 1. The Morgan fingerprint density at radius 2 is 2.16 bits per heavy atom. The van der Waals surface area contributed by atoms with Crippen LogP contribution < -0.4 is 10.4 Å². The third-order valence-corrected chi connectivity index (χ3v) is 4.68. The lowest BCUT2D eigenvalue weighted by Gasteiger charge is -2.21. The fraction of sp³-hybridized carbons (Fsp3) is 0.389. The predicted octanol–water partition coefficient (Wildman–Crippen LogP) is 1.73. The first-order valence-electron chi connectivity index (χ1n) is 8.05. The van der Waals surface area contributed by atoms with Gasteiger partial charge in [0.1, 0.15) is 17.4 Å². The van der Waals surface area contributed by atoms with Crippen LogP contribution in [0.4, 0.5) is 0 Å². The Balaban J connectivity index is 1.95. The molecule has 7 heteroatoms. The van der Waals surface area contributed by atoms with Gasteiger partial charge < -0.3 is 19.2 Å². The second kappa shape index (κ2) is 6.58. The number of aryl methyl sites for hydroxylation is 1. The van der Waals surface area contributed by atoms with Gasteiger partial charge in [0.2, 0.25) is 5.91 Å². The minimum Gasteiger partial charge on any atom is -0.497 e. The molecule has 1 N–H and O–H groups in total. The number of aliphatic carboxylic acids is 1. The Morgan fingerprint density at radius 1 is 1.40 bits per heavy atom. The number of methoxy groups -OCH3 is 1. The number of ether oxygens (including phenoxy) is 1. The summed E-state index contributed by atoms with van der Waals surface area (Å²) in [7, 11) is 1.52. The van der Waals surface area contributed by atoms with Gasteiger partial charge in [0.15, 0.2) is 0 Å². The van der Waals surface area contributed by atoms with Crippen molar-refractivity contribution in [3.8, 4) is 5.75 Å². The van der Waals surface area contributed by atoms with Crippen LogP contribution in [0.25, 0.3) is 11.0 Å². The predicted molar refractivity (Wildman–Crippen MR) is 89.8 cm³/mol. The normalized spacial score (nSPS) is 17.0. The van der Waals surface area contributed by atoms with E-state index in [4.69, 9.17) is 9.15 Å². The number of nitrogens with zero attached hydrogens (tertiary/aromatic N) is 1. The number of fused-ring (bicyclic) bond motifs is 1. The highest BCUT2D eigenvalue weighted by Gasteiger charge is 2.34. The minimum atomic E-state index is -1.01. The van der Waals surface area contributed by atoms with Crippen LogP contribution in [0, 0.1) is 6.92 Å². The third kappa shape index (κ3) is 3.09. The zero-order chi connectivity index (χ0) is 18.1. The lowest BCUT2D eigenvalue weighted by atomic mass is 10.0. The van der Waals surface area contributed by atoms with Crippen LogP contribution in [0.5, 0.6) is 5.75 Å². The van der Waals surface area contributed by atoms with Crippen molar-refractivity contribution in [2.75, 3.05) is 13.7 Å².